The van der Waals surface area contributed by atoms with Crippen molar-refractivity contribution in [1.29, 1.82) is 0 Å². The Labute approximate surface area is 649 Å². The number of rotatable bonds is 29. The molecule has 4 saturated heterocycles. The lowest BCUT2D eigenvalue weighted by Crippen LogP contribution is -2.58. The molecule has 21 nitrogen and oxygen atoms in total. The van der Waals surface area contributed by atoms with Crippen LogP contribution < -0.4 is 30.9 Å². The molecule has 1 aliphatic carbocycles. The number of β-amino-alcohol motifs (C(OH)–C–C–N with tert-alkyl or cyclic N) is 1. The van der Waals surface area contributed by atoms with Gasteiger partial charge >= 0.3 is 5.51 Å². The van der Waals surface area contributed by atoms with Crippen LogP contribution in [-0.4, -0.2) is 226 Å². The lowest BCUT2D eigenvalue weighted by atomic mass is 9.71. The van der Waals surface area contributed by atoms with E-state index in [-0.39, 0.29) is 72.2 Å². The molecule has 4 fully saturated rings. The lowest BCUT2D eigenvalue weighted by molar-refractivity contribution is -0.144. The number of halogens is 4. The van der Waals surface area contributed by atoms with Gasteiger partial charge < -0.3 is 45.8 Å². The Kier molecular flexibility index (Phi) is 27.9. The third kappa shape index (κ3) is 21.7. The van der Waals surface area contributed by atoms with Crippen LogP contribution in [0.25, 0.3) is 16.0 Å². The zero-order chi connectivity index (χ0) is 76.9. The van der Waals surface area contributed by atoms with Crippen LogP contribution in [0.2, 0.25) is 5.02 Å². The van der Waals surface area contributed by atoms with E-state index in [9.17, 15) is 50.7 Å². The van der Waals surface area contributed by atoms with Crippen molar-refractivity contribution in [2.24, 2.45) is 10.8 Å². The Morgan fingerprint density at radius 2 is 1.50 bits per heavy atom. The fraction of sp³-hybridized carbons (Fsp3) is 0.494. The van der Waals surface area contributed by atoms with Gasteiger partial charge in [-0.2, -0.15) is 13.2 Å². The van der Waals surface area contributed by atoms with Gasteiger partial charge in [-0.1, -0.05) is 99.5 Å². The first-order valence-corrected chi connectivity index (χ1v) is 41.6. The highest BCUT2D eigenvalue weighted by Crippen LogP contribution is 2.45. The topological polar surface area (TPSA) is 241 Å². The van der Waals surface area contributed by atoms with Crippen molar-refractivity contribution in [2.75, 3.05) is 134 Å². The molecule has 5 aromatic carbocycles. The number of piperazine rings is 2. The van der Waals surface area contributed by atoms with Crippen LogP contribution in [0, 0.1) is 17.8 Å². The molecule has 5 heterocycles. The third-order valence-electron chi connectivity index (χ3n) is 21.0. The number of amides is 5. The number of carbonyl (C=O) groups excluding carboxylic acids is 5. The minimum Gasteiger partial charge on any atom is -0.391 e. The SMILES string of the molecule is Cc1ncsc1-c1ccc([C@H](C)NC(=O)[C@@H]2C[C@@H](O)CN2C(=O)[C@@H](NC(=O)CCNCC(=O)N2CCN(CC3(C)CCC(c4ccc(Cl)cc4)=C(CN4CCN(c5ccc(C(=O)NSc6ccc(N[C@H](CCN7CCOCC7)CSc7ccccc7)c(S(=O)(=O)C(F)(F)F)c6)cc5)CC4)C3)CC2)C(C)(C)C)cc1. The van der Waals surface area contributed by atoms with Crippen molar-refractivity contribution >= 4 is 103 Å². The molecule has 6 atom stereocenters. The molecule has 0 radical (unpaired) electrons. The average Bonchev–Trinajstić information content (AvgIpc) is 0.916. The molecule has 11 rings (SSSR count). The number of aliphatic hydroxyl groups is 1. The van der Waals surface area contributed by atoms with Gasteiger partial charge in [0.1, 0.15) is 17.0 Å². The van der Waals surface area contributed by atoms with E-state index in [1.165, 1.54) is 45.5 Å². The summed E-state index contributed by atoms with van der Waals surface area (Å²) in [5, 5.41) is 23.7. The molecule has 108 heavy (non-hydrogen) atoms. The number of allylic oxidation sites excluding steroid dienone is 1. The summed E-state index contributed by atoms with van der Waals surface area (Å²) >= 11 is 10.2. The van der Waals surface area contributed by atoms with E-state index < -0.39 is 61.7 Å². The zero-order valence-corrected chi connectivity index (χ0v) is 66.2. The number of hydrogen-bond donors (Lipinski definition) is 6. The number of aromatic nitrogens is 1. The van der Waals surface area contributed by atoms with Crippen LogP contribution in [0.1, 0.15) is 106 Å². The van der Waals surface area contributed by atoms with Crippen molar-refractivity contribution < 1.29 is 55.4 Å². The van der Waals surface area contributed by atoms with Gasteiger partial charge in [0.25, 0.3) is 15.7 Å². The first kappa shape index (κ1) is 81.9. The summed E-state index contributed by atoms with van der Waals surface area (Å²) in [6.45, 7) is 22.6. The number of anilines is 2. The van der Waals surface area contributed by atoms with E-state index in [0.717, 1.165) is 135 Å². The number of alkyl halides is 3. The van der Waals surface area contributed by atoms with E-state index >= 15 is 0 Å². The van der Waals surface area contributed by atoms with Gasteiger partial charge in [-0.3, -0.25) is 43.4 Å². The van der Waals surface area contributed by atoms with E-state index in [4.69, 9.17) is 16.3 Å². The second-order valence-electron chi connectivity index (χ2n) is 30.2. The normalized spacial score (nSPS) is 20.3. The smallest absolute Gasteiger partial charge is 0.391 e. The molecule has 1 unspecified atom stereocenters. The molecule has 5 amide bonds. The highest BCUT2D eigenvalue weighted by molar-refractivity contribution is 7.99. The number of ether oxygens (including phenoxy) is 1. The lowest BCUT2D eigenvalue weighted by Gasteiger charge is -2.44. The second kappa shape index (κ2) is 36.8. The van der Waals surface area contributed by atoms with Gasteiger partial charge in [0.15, 0.2) is 0 Å². The highest BCUT2D eigenvalue weighted by atomic mass is 35.5. The highest BCUT2D eigenvalue weighted by Gasteiger charge is 2.49. The maximum Gasteiger partial charge on any atom is 0.501 e. The Balaban J connectivity index is 0.625. The summed E-state index contributed by atoms with van der Waals surface area (Å²) < 4.78 is 77.7. The maximum atomic E-state index is 14.4. The number of morpholine rings is 1. The van der Waals surface area contributed by atoms with Crippen LogP contribution in [0.5, 0.6) is 0 Å². The van der Waals surface area contributed by atoms with Crippen molar-refractivity contribution in [3.05, 3.63) is 160 Å². The zero-order valence-electron chi connectivity index (χ0n) is 62.2. The molecule has 582 valence electrons. The van der Waals surface area contributed by atoms with Gasteiger partial charge in [-0.25, -0.2) is 13.4 Å². The average molecular weight is 1580 g/mol. The summed E-state index contributed by atoms with van der Waals surface area (Å²) in [6.07, 6.45) is 2.51. The van der Waals surface area contributed by atoms with E-state index in [1.807, 2.05) is 124 Å². The minimum absolute atomic E-state index is 0.00960. The first-order valence-electron chi connectivity index (χ1n) is 37.1. The number of hydrogen-bond acceptors (Lipinski definition) is 19. The summed E-state index contributed by atoms with van der Waals surface area (Å²) in [6, 6.07) is 33.9. The monoisotopic (exact) mass is 1580 g/mol. The molecule has 0 spiro atoms. The van der Waals surface area contributed by atoms with Crippen LogP contribution in [0.15, 0.2) is 147 Å². The number of aliphatic hydroxyl groups excluding tert-OH is 1. The minimum atomic E-state index is -5.81. The number of benzene rings is 5. The summed E-state index contributed by atoms with van der Waals surface area (Å²) in [4.78, 5) is 87.2. The number of sulfone groups is 1. The van der Waals surface area contributed by atoms with Gasteiger partial charge in [0.05, 0.1) is 53.7 Å². The van der Waals surface area contributed by atoms with Crippen LogP contribution in [0.3, 0.4) is 0 Å². The fourth-order valence-corrected chi connectivity index (χ4v) is 18.4. The number of thioether (sulfide) groups is 1. The van der Waals surface area contributed by atoms with Gasteiger partial charge in [-0.15, -0.1) is 23.1 Å². The maximum absolute atomic E-state index is 14.4. The largest absolute Gasteiger partial charge is 0.501 e. The predicted octanol–water partition coefficient (Wildman–Crippen LogP) is 11.1. The number of aryl methyl sites for hydroxylation is 1. The number of nitrogens with zero attached hydrogens (tertiary/aromatic N) is 7. The van der Waals surface area contributed by atoms with E-state index in [1.54, 1.807) is 23.5 Å². The summed E-state index contributed by atoms with van der Waals surface area (Å²) in [5.74, 6) is -1.31. The second-order valence-corrected chi connectivity index (χ2v) is 35.4. The van der Waals surface area contributed by atoms with Crippen molar-refractivity contribution in [2.45, 2.75) is 131 Å². The van der Waals surface area contributed by atoms with Crippen LogP contribution in [0.4, 0.5) is 24.5 Å². The predicted molar refractivity (Wildman–Crippen MR) is 422 cm³/mol. The molecule has 0 bridgehead atoms. The molecule has 29 heteroatoms. The summed E-state index contributed by atoms with van der Waals surface area (Å²) in [5.41, 5.74) is 3.35. The Hall–Kier alpha value is -7.09. The number of nitrogens with one attached hydrogen (secondary N) is 5. The standard InChI is InChI=1S/C79H100ClF3N12O9S4/c1-53(55-12-14-57(15-13-55)72-54(2)85-52-106-72)86-75(100)68-44-63(96)49-95(68)76(101)73(77(3,4)5)88-70(97)27-30-84-47-71(98)94-38-34-92(35-39-94)51-78(6)29-26-66(56-16-20-60(80)21-17-56)59(46-78)48-91-32-36-93(37-33-91)62-22-18-58(19-23-62)74(99)89-107-65-24-25-67(69(45-65)108(102,103)79(81,82)83)87-61(28-31-90-40-42-104-43-41-90)50-105-64-10-8-7-9-11-64/h7-25,45,52-53,61,63,68,73,84,87,96H,26-44,46-51H2,1-6H3,(H,86,100)(H,88,97)(H,89,99)/t53-,61+,63+,68-,73+,78?/m0/s1. The molecular formula is C79H100ClF3N12O9S4. The van der Waals surface area contributed by atoms with Gasteiger partial charge in [-0.05, 0) is 151 Å². The van der Waals surface area contributed by atoms with E-state index in [0.29, 0.717) is 55.6 Å². The van der Waals surface area contributed by atoms with Gasteiger partial charge in [0, 0.05) is 149 Å². The van der Waals surface area contributed by atoms with Crippen molar-refractivity contribution in [3.63, 3.8) is 0 Å². The molecule has 0 saturated carbocycles. The fourth-order valence-electron chi connectivity index (χ4n) is 14.8. The Morgan fingerprint density at radius 1 is 0.815 bits per heavy atom. The molecule has 6 N–H and O–H groups in total. The van der Waals surface area contributed by atoms with Gasteiger partial charge in [0.2, 0.25) is 23.6 Å². The number of likely N-dealkylation sites (tertiary alicyclic amines) is 1. The Morgan fingerprint density at radius 3 is 2.17 bits per heavy atom. The van der Waals surface area contributed by atoms with Crippen molar-refractivity contribution in [3.8, 4) is 10.4 Å². The number of thiazole rings is 1. The Bertz CT molecular complexity index is 4210. The molecular weight excluding hydrogens is 1480 g/mol. The molecule has 6 aromatic rings. The van der Waals surface area contributed by atoms with E-state index in [2.05, 4.69) is 69.6 Å². The number of carbonyl (C=O) groups is 5. The molecule has 4 aliphatic heterocycles. The first-order chi connectivity index (χ1) is 51.6. The quantitative estimate of drug-likeness (QED) is 0.0145. The molecule has 1 aromatic heterocycles. The summed E-state index contributed by atoms with van der Waals surface area (Å²) in [7, 11) is -5.81. The van der Waals surface area contributed by atoms with Crippen LogP contribution in [-0.2, 0) is 33.8 Å². The van der Waals surface area contributed by atoms with Crippen molar-refractivity contribution in [1.82, 2.24) is 50.2 Å². The third-order valence-corrected chi connectivity index (χ3v) is 25.7. The van der Waals surface area contributed by atoms with Crippen LogP contribution >= 0.6 is 46.6 Å². The molecule has 5 aliphatic rings.